The highest BCUT2D eigenvalue weighted by atomic mass is 16.5. The summed E-state index contributed by atoms with van der Waals surface area (Å²) >= 11 is 0. The van der Waals surface area contributed by atoms with Crippen LogP contribution >= 0.6 is 0 Å². The van der Waals surface area contributed by atoms with Gasteiger partial charge >= 0.3 is 5.97 Å². The molecule has 1 aliphatic carbocycles. The molecule has 0 radical (unpaired) electrons. The topological polar surface area (TPSA) is 26.3 Å². The van der Waals surface area contributed by atoms with E-state index in [-0.39, 0.29) is 22.9 Å². The van der Waals surface area contributed by atoms with Gasteiger partial charge in [-0.2, -0.15) is 0 Å². The second-order valence-corrected chi connectivity index (χ2v) is 7.14. The van der Waals surface area contributed by atoms with E-state index in [1.165, 1.54) is 12.5 Å². The summed E-state index contributed by atoms with van der Waals surface area (Å²) in [6.45, 7) is 14.6. The van der Waals surface area contributed by atoms with E-state index in [9.17, 15) is 4.79 Å². The van der Waals surface area contributed by atoms with Crippen molar-refractivity contribution in [3.05, 3.63) is 23.8 Å². The fraction of sp³-hybridized carbons (Fsp3) is 0.722. The van der Waals surface area contributed by atoms with Crippen LogP contribution in [-0.4, -0.2) is 12.1 Å². The third kappa shape index (κ3) is 3.74. The molecule has 0 fully saturated rings. The van der Waals surface area contributed by atoms with Crippen molar-refractivity contribution in [2.75, 3.05) is 0 Å². The maximum Gasteiger partial charge on any atom is 0.302 e. The summed E-state index contributed by atoms with van der Waals surface area (Å²) in [6.07, 6.45) is 8.78. The summed E-state index contributed by atoms with van der Waals surface area (Å²) in [7, 11) is 0. The number of allylic oxidation sites excluding steroid dienone is 3. The molecule has 0 aliphatic heterocycles. The highest BCUT2D eigenvalue weighted by molar-refractivity contribution is 5.66. The Labute approximate surface area is 124 Å². The summed E-state index contributed by atoms with van der Waals surface area (Å²) in [5, 5.41) is 0. The fourth-order valence-electron chi connectivity index (χ4n) is 2.91. The van der Waals surface area contributed by atoms with Crippen LogP contribution in [0.15, 0.2) is 23.8 Å². The smallest absolute Gasteiger partial charge is 0.302 e. The number of carbonyl (C=O) groups excluding carboxylic acids is 1. The Morgan fingerprint density at radius 2 is 2.15 bits per heavy atom. The van der Waals surface area contributed by atoms with Crippen LogP contribution in [0.5, 0.6) is 0 Å². The first-order valence-electron chi connectivity index (χ1n) is 7.65. The van der Waals surface area contributed by atoms with Crippen molar-refractivity contribution in [1.29, 1.82) is 0 Å². The summed E-state index contributed by atoms with van der Waals surface area (Å²) in [5.74, 6) is 0.341. The lowest BCUT2D eigenvalue weighted by molar-refractivity contribution is -0.151. The predicted molar refractivity (Wildman–Crippen MR) is 84.4 cm³/mol. The number of esters is 1. The zero-order chi connectivity index (χ0) is 15.6. The molecule has 2 unspecified atom stereocenters. The van der Waals surface area contributed by atoms with Gasteiger partial charge in [0.05, 0.1) is 0 Å². The average Bonchev–Trinajstić information content (AvgIpc) is 2.58. The van der Waals surface area contributed by atoms with E-state index in [1.54, 1.807) is 0 Å². The molecule has 0 amide bonds. The monoisotopic (exact) mass is 278 g/mol. The van der Waals surface area contributed by atoms with Crippen LogP contribution < -0.4 is 0 Å². The van der Waals surface area contributed by atoms with Gasteiger partial charge in [-0.25, -0.2) is 0 Å². The van der Waals surface area contributed by atoms with Gasteiger partial charge in [-0.15, -0.1) is 0 Å². The van der Waals surface area contributed by atoms with Crippen LogP contribution in [0.25, 0.3) is 0 Å². The first-order chi connectivity index (χ1) is 9.11. The van der Waals surface area contributed by atoms with Gasteiger partial charge < -0.3 is 4.74 Å². The van der Waals surface area contributed by atoms with Crippen molar-refractivity contribution >= 4 is 5.97 Å². The largest absolute Gasteiger partial charge is 0.462 e. The lowest BCUT2D eigenvalue weighted by Crippen LogP contribution is -2.31. The fourth-order valence-corrected chi connectivity index (χ4v) is 2.91. The van der Waals surface area contributed by atoms with Gasteiger partial charge in [0.1, 0.15) is 6.10 Å². The Hall–Kier alpha value is -1.05. The molecule has 2 atom stereocenters. The zero-order valence-electron chi connectivity index (χ0n) is 14.1. The zero-order valence-corrected chi connectivity index (χ0v) is 14.1. The molecule has 0 aromatic carbocycles. The molecule has 1 rings (SSSR count). The molecular weight excluding hydrogens is 248 g/mol. The third-order valence-electron chi connectivity index (χ3n) is 4.89. The van der Waals surface area contributed by atoms with Crippen LogP contribution in [-0.2, 0) is 9.53 Å². The third-order valence-corrected chi connectivity index (χ3v) is 4.89. The minimum absolute atomic E-state index is 0.0604. The molecule has 0 aromatic heterocycles. The molecular formula is C18H30O2. The first-order valence-corrected chi connectivity index (χ1v) is 7.65. The molecule has 0 saturated carbocycles. The maximum absolute atomic E-state index is 11.2. The van der Waals surface area contributed by atoms with Crippen molar-refractivity contribution < 1.29 is 9.53 Å². The van der Waals surface area contributed by atoms with Crippen molar-refractivity contribution in [3.8, 4) is 0 Å². The minimum Gasteiger partial charge on any atom is -0.462 e. The SMILES string of the molecule is CCC(OC(C)=O)C(C)(C)C=CC1CC=C(C)C1(C)C. The van der Waals surface area contributed by atoms with Crippen LogP contribution in [0.3, 0.4) is 0 Å². The molecule has 1 aliphatic rings. The molecule has 0 spiro atoms. The van der Waals surface area contributed by atoms with Gasteiger partial charge in [0.25, 0.3) is 0 Å². The predicted octanol–water partition coefficient (Wildman–Crippen LogP) is 4.90. The van der Waals surface area contributed by atoms with E-state index in [1.807, 2.05) is 0 Å². The Morgan fingerprint density at radius 1 is 1.55 bits per heavy atom. The highest BCUT2D eigenvalue weighted by Gasteiger charge is 2.34. The first kappa shape index (κ1) is 17.0. The molecule has 0 N–H and O–H groups in total. The number of rotatable bonds is 5. The highest BCUT2D eigenvalue weighted by Crippen LogP contribution is 2.44. The molecule has 2 nitrogen and oxygen atoms in total. The Bertz CT molecular complexity index is 413. The van der Waals surface area contributed by atoms with Crippen LogP contribution in [0.2, 0.25) is 0 Å². The number of hydrogen-bond donors (Lipinski definition) is 0. The van der Waals surface area contributed by atoms with Crippen LogP contribution in [0.4, 0.5) is 0 Å². The van der Waals surface area contributed by atoms with Crippen molar-refractivity contribution in [1.82, 2.24) is 0 Å². The van der Waals surface area contributed by atoms with Gasteiger partial charge in [-0.1, -0.05) is 58.4 Å². The molecule has 20 heavy (non-hydrogen) atoms. The van der Waals surface area contributed by atoms with E-state index in [4.69, 9.17) is 4.74 Å². The summed E-state index contributed by atoms with van der Waals surface area (Å²) in [5.41, 5.74) is 1.57. The van der Waals surface area contributed by atoms with E-state index in [2.05, 4.69) is 59.8 Å². The van der Waals surface area contributed by atoms with Gasteiger partial charge in [-0.05, 0) is 31.1 Å². The molecule has 0 bridgehead atoms. The lowest BCUT2D eigenvalue weighted by atomic mass is 9.75. The van der Waals surface area contributed by atoms with E-state index in [0.717, 1.165) is 12.8 Å². The summed E-state index contributed by atoms with van der Waals surface area (Å²) in [4.78, 5) is 11.2. The molecule has 2 heteroatoms. The molecule has 0 heterocycles. The second kappa shape index (κ2) is 6.15. The Kier molecular flexibility index (Phi) is 5.23. The van der Waals surface area contributed by atoms with Gasteiger partial charge in [0, 0.05) is 12.3 Å². The normalized spacial score (nSPS) is 23.8. The van der Waals surface area contributed by atoms with Crippen molar-refractivity contribution in [3.63, 3.8) is 0 Å². The Morgan fingerprint density at radius 3 is 2.55 bits per heavy atom. The van der Waals surface area contributed by atoms with Gasteiger partial charge in [0.15, 0.2) is 0 Å². The summed E-state index contributed by atoms with van der Waals surface area (Å²) in [6, 6.07) is 0. The molecule has 0 aromatic rings. The van der Waals surface area contributed by atoms with Gasteiger partial charge in [0.2, 0.25) is 0 Å². The minimum atomic E-state index is -0.197. The second-order valence-electron chi connectivity index (χ2n) is 7.14. The molecule has 0 saturated heterocycles. The summed E-state index contributed by atoms with van der Waals surface area (Å²) < 4.78 is 5.45. The number of hydrogen-bond acceptors (Lipinski definition) is 2. The van der Waals surface area contributed by atoms with Crippen LogP contribution in [0.1, 0.15) is 61.3 Å². The van der Waals surface area contributed by atoms with Crippen LogP contribution in [0, 0.1) is 16.7 Å². The maximum atomic E-state index is 11.2. The van der Waals surface area contributed by atoms with E-state index in [0.29, 0.717) is 5.92 Å². The number of ether oxygens (including phenoxy) is 1. The average molecular weight is 278 g/mol. The number of carbonyl (C=O) groups is 1. The molecule has 114 valence electrons. The van der Waals surface area contributed by atoms with E-state index >= 15 is 0 Å². The van der Waals surface area contributed by atoms with E-state index < -0.39 is 0 Å². The lowest BCUT2D eigenvalue weighted by Gasteiger charge is -2.32. The Balaban J connectivity index is 2.80. The quantitative estimate of drug-likeness (QED) is 0.528. The standard InChI is InChI=1S/C18H30O2/c1-8-16(20-14(3)19)17(4,5)12-11-15-10-9-13(2)18(15,6)7/h9,11-12,15-16H,8,10H2,1-7H3. The van der Waals surface area contributed by atoms with Crippen molar-refractivity contribution in [2.45, 2.75) is 67.4 Å². The van der Waals surface area contributed by atoms with Crippen molar-refractivity contribution in [2.24, 2.45) is 16.7 Å². The van der Waals surface area contributed by atoms with Gasteiger partial charge in [-0.3, -0.25) is 4.79 Å².